The van der Waals surface area contributed by atoms with Gasteiger partial charge in [-0.05, 0) is 53.4 Å². The van der Waals surface area contributed by atoms with Crippen LogP contribution in [0.4, 0.5) is 0 Å². The number of benzene rings is 3. The van der Waals surface area contributed by atoms with Crippen LogP contribution in [0.1, 0.15) is 34.8 Å². The smallest absolute Gasteiger partial charge is 0.246 e. The zero-order valence-electron chi connectivity index (χ0n) is 23.5. The third-order valence-corrected chi connectivity index (χ3v) is 9.54. The fourth-order valence-corrected chi connectivity index (χ4v) is 7.53. The maximum atomic E-state index is 14.3. The van der Waals surface area contributed by atoms with Crippen LogP contribution < -0.4 is 18.9 Å². The van der Waals surface area contributed by atoms with Gasteiger partial charge in [0.1, 0.15) is 12.6 Å². The molecule has 10 heteroatoms. The molecule has 0 spiro atoms. The number of carbonyl (C=O) groups excluding carboxylic acids is 2. The summed E-state index contributed by atoms with van der Waals surface area (Å²) in [6, 6.07) is 19.0. The maximum Gasteiger partial charge on any atom is 0.246 e. The van der Waals surface area contributed by atoms with E-state index in [2.05, 4.69) is 22.0 Å². The Morgan fingerprint density at radius 2 is 1.63 bits per heavy atom. The molecule has 0 aliphatic carbocycles. The molecule has 0 saturated carbocycles. The normalized spacial score (nSPS) is 24.1. The first kappa shape index (κ1) is 24.9. The summed E-state index contributed by atoms with van der Waals surface area (Å²) < 4.78 is 22.2. The number of piperazine rings is 1. The standard InChI is InChI=1S/C33H30N4O6/c38-30-16-36(21-9-10-35(15-21)14-19-5-7-26-28(11-19)42-17-40-26)33(39)25-13-23-22-3-1-2-4-24(22)34-31(23)32(37(25)30)20-6-8-27-29(12-20)43-18-41-27/h1-8,11-12,21,25,32,34H,9-10,13-18H2/t21-,25+,32+/m0/s1. The topological polar surface area (TPSA) is 96.6 Å². The minimum atomic E-state index is -0.578. The summed E-state index contributed by atoms with van der Waals surface area (Å²) in [5.41, 5.74) is 5.10. The molecule has 1 aromatic heterocycles. The molecule has 3 atom stereocenters. The van der Waals surface area contributed by atoms with Crippen LogP contribution in [0.2, 0.25) is 0 Å². The van der Waals surface area contributed by atoms with Crippen molar-refractivity contribution in [2.24, 2.45) is 0 Å². The Labute approximate surface area is 247 Å². The van der Waals surface area contributed by atoms with Crippen LogP contribution in [0.5, 0.6) is 23.0 Å². The molecule has 3 aromatic carbocycles. The number of rotatable bonds is 4. The molecule has 9 rings (SSSR count). The lowest BCUT2D eigenvalue weighted by Crippen LogP contribution is -2.65. The van der Waals surface area contributed by atoms with Crippen molar-refractivity contribution in [1.29, 1.82) is 0 Å². The van der Waals surface area contributed by atoms with Crippen molar-refractivity contribution in [1.82, 2.24) is 19.7 Å². The summed E-state index contributed by atoms with van der Waals surface area (Å²) in [5.74, 6) is 2.88. The van der Waals surface area contributed by atoms with Crippen molar-refractivity contribution < 1.29 is 28.5 Å². The highest BCUT2D eigenvalue weighted by atomic mass is 16.7. The third kappa shape index (κ3) is 3.89. The van der Waals surface area contributed by atoms with E-state index < -0.39 is 12.1 Å². The van der Waals surface area contributed by atoms with E-state index in [1.165, 1.54) is 0 Å². The number of amides is 2. The quantitative estimate of drug-likeness (QED) is 0.396. The molecule has 0 radical (unpaired) electrons. The molecule has 1 N–H and O–H groups in total. The SMILES string of the molecule is O=C1[C@H]2Cc3c([nH]c4ccccc34)[C@@H](c3ccc4c(c3)OCO4)N2C(=O)CN1[C@H]1CCN(Cc2ccc3c(c2)OCO3)C1. The zero-order chi connectivity index (χ0) is 28.7. The van der Waals surface area contributed by atoms with Gasteiger partial charge in [0.05, 0.1) is 6.04 Å². The van der Waals surface area contributed by atoms with Gasteiger partial charge in [0.15, 0.2) is 23.0 Å². The van der Waals surface area contributed by atoms with Crippen molar-refractivity contribution in [3.05, 3.63) is 83.0 Å². The second kappa shape index (κ2) is 9.40. The lowest BCUT2D eigenvalue weighted by molar-refractivity contribution is -0.160. The zero-order valence-corrected chi connectivity index (χ0v) is 23.5. The van der Waals surface area contributed by atoms with E-state index in [9.17, 15) is 9.59 Å². The first-order valence-corrected chi connectivity index (χ1v) is 14.8. The first-order chi connectivity index (χ1) is 21.1. The number of aromatic amines is 1. The van der Waals surface area contributed by atoms with Crippen LogP contribution in [0.25, 0.3) is 10.9 Å². The lowest BCUT2D eigenvalue weighted by atomic mass is 9.85. The second-order valence-electron chi connectivity index (χ2n) is 11.9. The van der Waals surface area contributed by atoms with Gasteiger partial charge in [0, 0.05) is 48.7 Å². The van der Waals surface area contributed by atoms with E-state index in [-0.39, 0.29) is 38.0 Å². The number of hydrogen-bond donors (Lipinski definition) is 1. The number of fused-ring (bicyclic) bond motifs is 6. The largest absolute Gasteiger partial charge is 0.454 e. The first-order valence-electron chi connectivity index (χ1n) is 14.8. The molecule has 2 saturated heterocycles. The number of H-pyrrole nitrogens is 1. The predicted octanol–water partition coefficient (Wildman–Crippen LogP) is 3.58. The molecule has 2 fully saturated rings. The van der Waals surface area contributed by atoms with Crippen molar-refractivity contribution in [3.8, 4) is 23.0 Å². The average Bonchev–Trinajstić information content (AvgIpc) is 3.83. The van der Waals surface area contributed by atoms with E-state index >= 15 is 0 Å². The molecule has 5 aliphatic heterocycles. The van der Waals surface area contributed by atoms with Gasteiger partial charge in [-0.3, -0.25) is 14.5 Å². The van der Waals surface area contributed by atoms with Crippen molar-refractivity contribution in [2.45, 2.75) is 37.5 Å². The molecule has 43 heavy (non-hydrogen) atoms. The Morgan fingerprint density at radius 3 is 2.49 bits per heavy atom. The van der Waals surface area contributed by atoms with Gasteiger partial charge < -0.3 is 33.7 Å². The lowest BCUT2D eigenvalue weighted by Gasteiger charge is -2.48. The molecule has 5 aliphatic rings. The minimum Gasteiger partial charge on any atom is -0.454 e. The molecule has 218 valence electrons. The van der Waals surface area contributed by atoms with E-state index in [0.717, 1.165) is 70.8 Å². The number of likely N-dealkylation sites (tertiary alicyclic amines) is 1. The van der Waals surface area contributed by atoms with Gasteiger partial charge in [-0.2, -0.15) is 0 Å². The number of aromatic nitrogens is 1. The Hall–Kier alpha value is -4.70. The number of nitrogens with zero attached hydrogens (tertiary/aromatic N) is 3. The summed E-state index contributed by atoms with van der Waals surface area (Å²) >= 11 is 0. The number of para-hydroxylation sites is 1. The van der Waals surface area contributed by atoms with E-state index in [1.54, 1.807) is 0 Å². The Balaban J connectivity index is 1.02. The van der Waals surface area contributed by atoms with E-state index in [0.29, 0.717) is 17.9 Å². The number of ether oxygens (including phenoxy) is 4. The van der Waals surface area contributed by atoms with Gasteiger partial charge >= 0.3 is 0 Å². The van der Waals surface area contributed by atoms with Gasteiger partial charge in [0.25, 0.3) is 0 Å². The summed E-state index contributed by atoms with van der Waals surface area (Å²) in [7, 11) is 0. The highest BCUT2D eigenvalue weighted by Gasteiger charge is 2.50. The van der Waals surface area contributed by atoms with Crippen molar-refractivity contribution >= 4 is 22.7 Å². The number of carbonyl (C=O) groups is 2. The summed E-state index contributed by atoms with van der Waals surface area (Å²) in [4.78, 5) is 38.0. The highest BCUT2D eigenvalue weighted by Crippen LogP contribution is 2.45. The van der Waals surface area contributed by atoms with Gasteiger partial charge in [-0.15, -0.1) is 0 Å². The van der Waals surface area contributed by atoms with Crippen LogP contribution in [-0.2, 0) is 22.6 Å². The minimum absolute atomic E-state index is 0.0130. The summed E-state index contributed by atoms with van der Waals surface area (Å²) in [6.07, 6.45) is 1.31. The van der Waals surface area contributed by atoms with Crippen LogP contribution in [0.3, 0.4) is 0 Å². The number of nitrogens with one attached hydrogen (secondary N) is 1. The maximum absolute atomic E-state index is 14.3. The molecule has 10 nitrogen and oxygen atoms in total. The monoisotopic (exact) mass is 578 g/mol. The Bertz CT molecular complexity index is 1800. The highest BCUT2D eigenvalue weighted by molar-refractivity contribution is 5.98. The van der Waals surface area contributed by atoms with E-state index in [1.807, 2.05) is 58.3 Å². The van der Waals surface area contributed by atoms with Gasteiger partial charge in [-0.1, -0.05) is 30.3 Å². The molecule has 4 aromatic rings. The number of hydrogen-bond acceptors (Lipinski definition) is 7. The molecular weight excluding hydrogens is 548 g/mol. The summed E-state index contributed by atoms with van der Waals surface area (Å²) in [5, 5.41) is 1.09. The van der Waals surface area contributed by atoms with Crippen LogP contribution in [0.15, 0.2) is 60.7 Å². The van der Waals surface area contributed by atoms with Crippen molar-refractivity contribution in [3.63, 3.8) is 0 Å². The summed E-state index contributed by atoms with van der Waals surface area (Å²) in [6.45, 7) is 2.84. The van der Waals surface area contributed by atoms with Crippen molar-refractivity contribution in [2.75, 3.05) is 33.2 Å². The van der Waals surface area contributed by atoms with Crippen LogP contribution in [0, 0.1) is 0 Å². The molecule has 2 amide bonds. The fourth-order valence-electron chi connectivity index (χ4n) is 7.53. The van der Waals surface area contributed by atoms with Crippen LogP contribution in [-0.4, -0.2) is 76.8 Å². The van der Waals surface area contributed by atoms with Crippen LogP contribution >= 0.6 is 0 Å². The third-order valence-electron chi connectivity index (χ3n) is 9.54. The molecule has 6 heterocycles. The molecular formula is C33H30N4O6. The Morgan fingerprint density at radius 1 is 0.860 bits per heavy atom. The van der Waals surface area contributed by atoms with Gasteiger partial charge in [-0.25, -0.2) is 0 Å². The average molecular weight is 579 g/mol. The van der Waals surface area contributed by atoms with E-state index in [4.69, 9.17) is 18.9 Å². The predicted molar refractivity (Wildman–Crippen MR) is 155 cm³/mol. The fraction of sp³-hybridized carbons (Fsp3) is 0.333. The second-order valence-corrected chi connectivity index (χ2v) is 11.9. The van der Waals surface area contributed by atoms with Gasteiger partial charge in [0.2, 0.25) is 25.4 Å². The molecule has 0 unspecified atom stereocenters. The molecule has 0 bridgehead atoms. The Kier molecular flexibility index (Phi) is 5.44.